The maximum absolute atomic E-state index is 10.5. The largest absolute Gasteiger partial charge is 0.507 e. The van der Waals surface area contributed by atoms with Crippen molar-refractivity contribution in [3.63, 3.8) is 0 Å². The molecule has 98 valence electrons. The number of thioether (sulfide) groups is 1. The fraction of sp³-hybridized carbons (Fsp3) is 0.143. The molecule has 1 N–H and O–H groups in total. The molecule has 2 rings (SSSR count). The second kappa shape index (κ2) is 6.24. The van der Waals surface area contributed by atoms with E-state index >= 15 is 0 Å². The maximum Gasteiger partial charge on any atom is 0.269 e. The number of phenolic OH excluding ortho intramolecular Hbond substituents is 1. The molecule has 2 aromatic rings. The Morgan fingerprint density at radius 2 is 1.79 bits per heavy atom. The first kappa shape index (κ1) is 13.4. The average molecular weight is 275 g/mol. The summed E-state index contributed by atoms with van der Waals surface area (Å²) in [6, 6.07) is 13.8. The summed E-state index contributed by atoms with van der Waals surface area (Å²) in [6.45, 7) is 0. The monoisotopic (exact) mass is 275 g/mol. The number of nitro benzene ring substituents is 1. The molecular weight excluding hydrogens is 262 g/mol. The zero-order chi connectivity index (χ0) is 13.7. The van der Waals surface area contributed by atoms with Crippen molar-refractivity contribution in [2.75, 3.05) is 5.75 Å². The number of aryl methyl sites for hydroxylation is 1. The highest BCUT2D eigenvalue weighted by Crippen LogP contribution is 2.28. The highest BCUT2D eigenvalue weighted by molar-refractivity contribution is 7.99. The molecule has 0 atom stereocenters. The van der Waals surface area contributed by atoms with Gasteiger partial charge in [-0.1, -0.05) is 24.3 Å². The summed E-state index contributed by atoms with van der Waals surface area (Å²) in [7, 11) is 0. The standard InChI is InChI=1S/C14H13NO3S/c16-13-3-1-2-4-14(13)19-10-9-11-5-7-12(8-6-11)15(17)18/h1-8,16H,9-10H2. The molecule has 2 aromatic carbocycles. The minimum absolute atomic E-state index is 0.108. The lowest BCUT2D eigenvalue weighted by Crippen LogP contribution is -1.91. The zero-order valence-electron chi connectivity index (χ0n) is 10.2. The molecule has 0 fully saturated rings. The lowest BCUT2D eigenvalue weighted by molar-refractivity contribution is -0.384. The van der Waals surface area contributed by atoms with Gasteiger partial charge in [-0.2, -0.15) is 0 Å². The third-order valence-corrected chi connectivity index (χ3v) is 3.73. The molecule has 0 saturated heterocycles. The number of phenols is 1. The van der Waals surface area contributed by atoms with Gasteiger partial charge in [0.15, 0.2) is 0 Å². The summed E-state index contributed by atoms with van der Waals surface area (Å²) >= 11 is 1.57. The number of rotatable bonds is 5. The third-order valence-electron chi connectivity index (χ3n) is 2.66. The van der Waals surface area contributed by atoms with Gasteiger partial charge in [0, 0.05) is 22.8 Å². The number of para-hydroxylation sites is 1. The smallest absolute Gasteiger partial charge is 0.269 e. The summed E-state index contributed by atoms with van der Waals surface area (Å²) in [5.41, 5.74) is 1.16. The molecular formula is C14H13NO3S. The van der Waals surface area contributed by atoms with Gasteiger partial charge in [0.25, 0.3) is 5.69 Å². The maximum atomic E-state index is 10.5. The van der Waals surface area contributed by atoms with Crippen LogP contribution in [0.15, 0.2) is 53.4 Å². The van der Waals surface area contributed by atoms with Gasteiger partial charge in [0.1, 0.15) is 5.75 Å². The lowest BCUT2D eigenvalue weighted by atomic mass is 10.1. The van der Waals surface area contributed by atoms with Gasteiger partial charge in [-0.15, -0.1) is 11.8 Å². The predicted octanol–water partition coefficient (Wildman–Crippen LogP) is 3.64. The van der Waals surface area contributed by atoms with Gasteiger partial charge in [-0.05, 0) is 24.1 Å². The Kier molecular flexibility index (Phi) is 4.41. The van der Waals surface area contributed by atoms with Crippen LogP contribution in [0.4, 0.5) is 5.69 Å². The van der Waals surface area contributed by atoms with Gasteiger partial charge >= 0.3 is 0 Å². The molecule has 0 aromatic heterocycles. The normalized spacial score (nSPS) is 10.3. The van der Waals surface area contributed by atoms with Crippen LogP contribution in [-0.4, -0.2) is 15.8 Å². The Labute approximate surface area is 115 Å². The first-order valence-electron chi connectivity index (χ1n) is 5.81. The van der Waals surface area contributed by atoms with Crippen LogP contribution in [0.1, 0.15) is 5.56 Å². The quantitative estimate of drug-likeness (QED) is 0.514. The number of nitro groups is 1. The second-order valence-corrected chi connectivity index (χ2v) is 5.13. The van der Waals surface area contributed by atoms with Gasteiger partial charge < -0.3 is 5.11 Å². The van der Waals surface area contributed by atoms with E-state index < -0.39 is 4.92 Å². The van der Waals surface area contributed by atoms with E-state index in [0.29, 0.717) is 0 Å². The van der Waals surface area contributed by atoms with Crippen molar-refractivity contribution in [3.8, 4) is 5.75 Å². The van der Waals surface area contributed by atoms with Gasteiger partial charge in [0.2, 0.25) is 0 Å². The Morgan fingerprint density at radius 1 is 1.11 bits per heavy atom. The molecule has 0 bridgehead atoms. The summed E-state index contributed by atoms with van der Waals surface area (Å²) in [5, 5.41) is 20.1. The summed E-state index contributed by atoms with van der Waals surface area (Å²) in [4.78, 5) is 11.0. The summed E-state index contributed by atoms with van der Waals surface area (Å²) in [5.74, 6) is 1.10. The minimum Gasteiger partial charge on any atom is -0.507 e. The number of hydrogen-bond acceptors (Lipinski definition) is 4. The molecule has 0 spiro atoms. The first-order chi connectivity index (χ1) is 9.16. The van der Waals surface area contributed by atoms with Crippen molar-refractivity contribution in [1.82, 2.24) is 0 Å². The van der Waals surface area contributed by atoms with E-state index in [1.807, 2.05) is 12.1 Å². The minimum atomic E-state index is -0.402. The van der Waals surface area contributed by atoms with Crippen molar-refractivity contribution in [3.05, 3.63) is 64.2 Å². The van der Waals surface area contributed by atoms with Crippen LogP contribution in [0.5, 0.6) is 5.75 Å². The van der Waals surface area contributed by atoms with Crippen molar-refractivity contribution in [2.24, 2.45) is 0 Å². The van der Waals surface area contributed by atoms with Gasteiger partial charge in [-0.3, -0.25) is 10.1 Å². The van der Waals surface area contributed by atoms with Crippen LogP contribution < -0.4 is 0 Å². The summed E-state index contributed by atoms with van der Waals surface area (Å²) < 4.78 is 0. The Morgan fingerprint density at radius 3 is 2.42 bits per heavy atom. The van der Waals surface area contributed by atoms with E-state index in [9.17, 15) is 15.2 Å². The Hall–Kier alpha value is -2.01. The number of hydrogen-bond donors (Lipinski definition) is 1. The topological polar surface area (TPSA) is 63.4 Å². The van der Waals surface area contributed by atoms with Crippen LogP contribution in [0, 0.1) is 10.1 Å². The fourth-order valence-corrected chi connectivity index (χ4v) is 2.59. The SMILES string of the molecule is O=[N+]([O-])c1ccc(CCSc2ccccc2O)cc1. The van der Waals surface area contributed by atoms with Crippen LogP contribution >= 0.6 is 11.8 Å². The highest BCUT2D eigenvalue weighted by atomic mass is 32.2. The molecule has 5 heteroatoms. The highest BCUT2D eigenvalue weighted by Gasteiger charge is 2.04. The number of non-ortho nitro benzene ring substituents is 1. The summed E-state index contributed by atoms with van der Waals surface area (Å²) in [6.07, 6.45) is 0.803. The lowest BCUT2D eigenvalue weighted by Gasteiger charge is -2.04. The Balaban J connectivity index is 1.89. The van der Waals surface area contributed by atoms with Crippen LogP contribution in [0.3, 0.4) is 0 Å². The first-order valence-corrected chi connectivity index (χ1v) is 6.79. The van der Waals surface area contributed by atoms with E-state index in [-0.39, 0.29) is 11.4 Å². The van der Waals surface area contributed by atoms with Crippen molar-refractivity contribution in [2.45, 2.75) is 11.3 Å². The number of benzene rings is 2. The van der Waals surface area contributed by atoms with E-state index in [2.05, 4.69) is 0 Å². The predicted molar refractivity (Wildman–Crippen MR) is 75.6 cm³/mol. The molecule has 0 unspecified atom stereocenters. The molecule has 0 aliphatic rings. The number of aromatic hydroxyl groups is 1. The van der Waals surface area contributed by atoms with E-state index in [4.69, 9.17) is 0 Å². The van der Waals surface area contributed by atoms with E-state index in [1.165, 1.54) is 12.1 Å². The second-order valence-electron chi connectivity index (χ2n) is 3.99. The Bertz CT molecular complexity index is 569. The van der Waals surface area contributed by atoms with Crippen LogP contribution in [0.25, 0.3) is 0 Å². The molecule has 4 nitrogen and oxygen atoms in total. The fourth-order valence-electron chi connectivity index (χ4n) is 1.64. The van der Waals surface area contributed by atoms with E-state index in [1.54, 1.807) is 36.0 Å². The average Bonchev–Trinajstić information content (AvgIpc) is 2.41. The molecule has 0 aliphatic heterocycles. The van der Waals surface area contributed by atoms with Crippen molar-refractivity contribution in [1.29, 1.82) is 0 Å². The molecule has 0 aliphatic carbocycles. The van der Waals surface area contributed by atoms with Crippen LogP contribution in [0.2, 0.25) is 0 Å². The molecule has 0 saturated carbocycles. The third kappa shape index (κ3) is 3.72. The molecule has 0 heterocycles. The number of nitrogens with zero attached hydrogens (tertiary/aromatic N) is 1. The molecule has 19 heavy (non-hydrogen) atoms. The van der Waals surface area contributed by atoms with Crippen LogP contribution in [-0.2, 0) is 6.42 Å². The van der Waals surface area contributed by atoms with Gasteiger partial charge in [0.05, 0.1) is 4.92 Å². The molecule has 0 radical (unpaired) electrons. The van der Waals surface area contributed by atoms with Crippen molar-refractivity contribution >= 4 is 17.4 Å². The van der Waals surface area contributed by atoms with E-state index in [0.717, 1.165) is 22.6 Å². The van der Waals surface area contributed by atoms with Crippen molar-refractivity contribution < 1.29 is 10.0 Å². The van der Waals surface area contributed by atoms with Gasteiger partial charge in [-0.25, -0.2) is 0 Å². The molecule has 0 amide bonds. The zero-order valence-corrected chi connectivity index (χ0v) is 11.0.